The summed E-state index contributed by atoms with van der Waals surface area (Å²) in [4.78, 5) is 32.2. The first-order valence-corrected chi connectivity index (χ1v) is 11.7. The molecule has 3 aromatic carbocycles. The highest BCUT2D eigenvalue weighted by Gasteiger charge is 2.36. The Morgan fingerprint density at radius 3 is 2.32 bits per heavy atom. The lowest BCUT2D eigenvalue weighted by atomic mass is 9.96. The van der Waals surface area contributed by atoms with E-state index in [1.165, 1.54) is 11.3 Å². The van der Waals surface area contributed by atoms with Gasteiger partial charge in [-0.25, -0.2) is 9.78 Å². The molecule has 1 aliphatic rings. The molecule has 2 heterocycles. The zero-order valence-corrected chi connectivity index (χ0v) is 19.1. The third-order valence-corrected chi connectivity index (χ3v) is 7.05. The molecule has 0 bridgehead atoms. The Hall–Kier alpha value is -4.17. The lowest BCUT2D eigenvalue weighted by Gasteiger charge is -2.35. The maximum absolute atomic E-state index is 13.4. The number of hydrogen-bond acceptors (Lipinski definition) is 5. The number of primary amides is 1. The lowest BCUT2D eigenvalue weighted by Crippen LogP contribution is -2.42. The number of para-hydroxylation sites is 1. The second-order valence-electron chi connectivity index (χ2n) is 8.04. The van der Waals surface area contributed by atoms with E-state index in [0.29, 0.717) is 24.3 Å². The number of aromatic nitrogens is 1. The highest BCUT2D eigenvalue weighted by molar-refractivity contribution is 7.13. The standard InChI is InChI=1S/C26H23N5O2S/c27-20-9-5-4-8-19(20)22-23-21(30-25(34-23)24(28)32)14-15-31(22)26(33)29-18-12-10-17(11-13-18)16-6-2-1-3-7-16/h1-13,22H,14-15,27H2,(H2,28,32)(H,29,33). The van der Waals surface area contributed by atoms with Crippen LogP contribution in [0.1, 0.15) is 32.0 Å². The first-order valence-electron chi connectivity index (χ1n) is 10.9. The molecule has 4 aromatic rings. The van der Waals surface area contributed by atoms with Crippen molar-refractivity contribution in [3.05, 3.63) is 100 Å². The van der Waals surface area contributed by atoms with Crippen LogP contribution in [0.15, 0.2) is 78.9 Å². The van der Waals surface area contributed by atoms with Gasteiger partial charge in [-0.1, -0.05) is 60.7 Å². The normalized spacial score (nSPS) is 14.9. The number of nitrogens with zero attached hydrogens (tertiary/aromatic N) is 2. The summed E-state index contributed by atoms with van der Waals surface area (Å²) < 4.78 is 0. The molecule has 170 valence electrons. The summed E-state index contributed by atoms with van der Waals surface area (Å²) in [6.45, 7) is 0.432. The Bertz CT molecular complexity index is 1350. The molecule has 34 heavy (non-hydrogen) atoms. The highest BCUT2D eigenvalue weighted by atomic mass is 32.1. The molecule has 0 saturated carbocycles. The third kappa shape index (κ3) is 4.11. The Balaban J connectivity index is 1.45. The minimum atomic E-state index is -0.575. The van der Waals surface area contributed by atoms with Gasteiger partial charge in [-0.15, -0.1) is 11.3 Å². The summed E-state index contributed by atoms with van der Waals surface area (Å²) >= 11 is 1.22. The second-order valence-corrected chi connectivity index (χ2v) is 9.07. The van der Waals surface area contributed by atoms with Crippen LogP contribution in [0.3, 0.4) is 0 Å². The summed E-state index contributed by atoms with van der Waals surface area (Å²) in [5, 5.41) is 3.25. The number of urea groups is 1. The molecule has 0 aliphatic carbocycles. The number of nitrogens with one attached hydrogen (secondary N) is 1. The van der Waals surface area contributed by atoms with Crippen molar-refractivity contribution in [2.24, 2.45) is 5.73 Å². The maximum Gasteiger partial charge on any atom is 0.322 e. The molecule has 1 unspecified atom stereocenters. The number of rotatable bonds is 4. The molecular weight excluding hydrogens is 446 g/mol. The number of nitrogens with two attached hydrogens (primary N) is 2. The van der Waals surface area contributed by atoms with Gasteiger partial charge in [0.1, 0.15) is 0 Å². The predicted octanol–water partition coefficient (Wildman–Crippen LogP) is 4.67. The zero-order valence-electron chi connectivity index (χ0n) is 18.3. The number of amides is 3. The lowest BCUT2D eigenvalue weighted by molar-refractivity contribution is 0.0999. The van der Waals surface area contributed by atoms with Gasteiger partial charge in [0.05, 0.1) is 16.6 Å². The van der Waals surface area contributed by atoms with Crippen LogP contribution in [-0.2, 0) is 6.42 Å². The zero-order chi connectivity index (χ0) is 23.7. The van der Waals surface area contributed by atoms with E-state index in [1.54, 1.807) is 11.0 Å². The summed E-state index contributed by atoms with van der Waals surface area (Å²) in [5.41, 5.74) is 16.8. The first-order chi connectivity index (χ1) is 16.5. The summed E-state index contributed by atoms with van der Waals surface area (Å²) in [6, 6.07) is 24.5. The largest absolute Gasteiger partial charge is 0.398 e. The molecule has 0 saturated heterocycles. The van der Waals surface area contributed by atoms with E-state index in [1.807, 2.05) is 72.8 Å². The van der Waals surface area contributed by atoms with E-state index in [2.05, 4.69) is 10.3 Å². The third-order valence-electron chi connectivity index (χ3n) is 5.88. The fraction of sp³-hybridized carbons (Fsp3) is 0.115. The molecule has 1 atom stereocenters. The van der Waals surface area contributed by atoms with Crippen molar-refractivity contribution in [3.8, 4) is 11.1 Å². The van der Waals surface area contributed by atoms with Crippen LogP contribution in [0.4, 0.5) is 16.2 Å². The van der Waals surface area contributed by atoms with E-state index in [0.717, 1.165) is 27.3 Å². The van der Waals surface area contributed by atoms with Gasteiger partial charge >= 0.3 is 6.03 Å². The second kappa shape index (κ2) is 8.99. The van der Waals surface area contributed by atoms with Crippen molar-refractivity contribution in [2.75, 3.05) is 17.6 Å². The van der Waals surface area contributed by atoms with Crippen LogP contribution in [0.2, 0.25) is 0 Å². The van der Waals surface area contributed by atoms with Crippen LogP contribution in [-0.4, -0.2) is 28.4 Å². The first kappa shape index (κ1) is 21.7. The summed E-state index contributed by atoms with van der Waals surface area (Å²) in [5.74, 6) is -0.575. The van der Waals surface area contributed by atoms with E-state index in [4.69, 9.17) is 11.5 Å². The van der Waals surface area contributed by atoms with Gasteiger partial charge in [0.2, 0.25) is 0 Å². The number of anilines is 2. The fourth-order valence-corrected chi connectivity index (χ4v) is 5.31. The number of fused-ring (bicyclic) bond motifs is 1. The number of carbonyl (C=O) groups is 2. The molecule has 5 rings (SSSR count). The van der Waals surface area contributed by atoms with Crippen molar-refractivity contribution in [1.29, 1.82) is 0 Å². The van der Waals surface area contributed by atoms with Crippen molar-refractivity contribution in [1.82, 2.24) is 9.88 Å². The van der Waals surface area contributed by atoms with E-state index in [-0.39, 0.29) is 11.0 Å². The van der Waals surface area contributed by atoms with Gasteiger partial charge in [0.25, 0.3) is 5.91 Å². The number of nitrogen functional groups attached to an aromatic ring is 1. The quantitative estimate of drug-likeness (QED) is 0.377. The Labute approximate surface area is 201 Å². The molecule has 0 radical (unpaired) electrons. The minimum absolute atomic E-state index is 0.239. The number of benzene rings is 3. The molecule has 5 N–H and O–H groups in total. The van der Waals surface area contributed by atoms with Gasteiger partial charge in [-0.05, 0) is 29.3 Å². The SMILES string of the molecule is NC(=O)c1nc2c(s1)C(c1ccccc1N)N(C(=O)Nc1ccc(-c3ccccc3)cc1)CC2. The summed E-state index contributed by atoms with van der Waals surface area (Å²) in [6.07, 6.45) is 0.530. The molecule has 0 spiro atoms. The van der Waals surface area contributed by atoms with Gasteiger partial charge < -0.3 is 21.7 Å². The predicted molar refractivity (Wildman–Crippen MR) is 135 cm³/mol. The molecule has 3 amide bonds. The average Bonchev–Trinajstić information content (AvgIpc) is 3.30. The van der Waals surface area contributed by atoms with Gasteiger partial charge in [-0.2, -0.15) is 0 Å². The molecule has 0 fully saturated rings. The minimum Gasteiger partial charge on any atom is -0.398 e. The Kier molecular flexibility index (Phi) is 5.73. The van der Waals surface area contributed by atoms with E-state index < -0.39 is 11.9 Å². The Morgan fingerprint density at radius 1 is 0.941 bits per heavy atom. The molecule has 7 nitrogen and oxygen atoms in total. The molecular formula is C26H23N5O2S. The van der Waals surface area contributed by atoms with Crippen LogP contribution < -0.4 is 16.8 Å². The van der Waals surface area contributed by atoms with Gasteiger partial charge in [0.15, 0.2) is 5.01 Å². The van der Waals surface area contributed by atoms with Crippen molar-refractivity contribution in [2.45, 2.75) is 12.5 Å². The molecule has 1 aliphatic heterocycles. The molecule has 1 aromatic heterocycles. The van der Waals surface area contributed by atoms with Crippen molar-refractivity contribution < 1.29 is 9.59 Å². The number of hydrogen-bond donors (Lipinski definition) is 3. The van der Waals surface area contributed by atoms with Crippen LogP contribution in [0.5, 0.6) is 0 Å². The van der Waals surface area contributed by atoms with E-state index in [9.17, 15) is 9.59 Å². The van der Waals surface area contributed by atoms with Crippen LogP contribution >= 0.6 is 11.3 Å². The monoisotopic (exact) mass is 469 g/mol. The molecule has 8 heteroatoms. The average molecular weight is 470 g/mol. The van der Waals surface area contributed by atoms with E-state index >= 15 is 0 Å². The smallest absolute Gasteiger partial charge is 0.322 e. The van der Waals surface area contributed by atoms with Crippen LogP contribution in [0, 0.1) is 0 Å². The Morgan fingerprint density at radius 2 is 1.62 bits per heavy atom. The topological polar surface area (TPSA) is 114 Å². The van der Waals surface area contributed by atoms with Crippen LogP contribution in [0.25, 0.3) is 11.1 Å². The highest BCUT2D eigenvalue weighted by Crippen LogP contribution is 2.41. The maximum atomic E-state index is 13.4. The number of carbonyl (C=O) groups excluding carboxylic acids is 2. The van der Waals surface area contributed by atoms with Gasteiger partial charge in [0, 0.05) is 29.9 Å². The fourth-order valence-electron chi connectivity index (χ4n) is 4.22. The van der Waals surface area contributed by atoms with Crippen molar-refractivity contribution in [3.63, 3.8) is 0 Å². The summed E-state index contributed by atoms with van der Waals surface area (Å²) in [7, 11) is 0. The number of thiazole rings is 1. The van der Waals surface area contributed by atoms with Crippen molar-refractivity contribution >= 4 is 34.6 Å². The van der Waals surface area contributed by atoms with Gasteiger partial charge in [-0.3, -0.25) is 4.79 Å².